The van der Waals surface area contributed by atoms with Gasteiger partial charge in [-0.05, 0) is 39.0 Å². The Morgan fingerprint density at radius 2 is 1.88 bits per heavy atom. The van der Waals surface area contributed by atoms with Crippen LogP contribution in [0.5, 0.6) is 0 Å². The number of aliphatic imine (C=N–C) groups is 1. The average molecular weight is 340 g/mol. The summed E-state index contributed by atoms with van der Waals surface area (Å²) >= 11 is 1.81. The van der Waals surface area contributed by atoms with Crippen molar-refractivity contribution in [3.63, 3.8) is 0 Å². The summed E-state index contributed by atoms with van der Waals surface area (Å²) in [5, 5.41) is 4.80. The normalized spacial score (nSPS) is 17.8. The third kappa shape index (κ3) is 2.82. The van der Waals surface area contributed by atoms with Gasteiger partial charge < -0.3 is 10.2 Å². The number of aryl methyl sites for hydroxylation is 1. The smallest absolute Gasteiger partial charge is 0.139 e. The lowest BCUT2D eigenvalue weighted by molar-refractivity contribution is 0.149. The Kier molecular flexibility index (Phi) is 4.06. The molecule has 1 aromatic heterocycles. The molecule has 0 saturated carbocycles. The van der Waals surface area contributed by atoms with E-state index in [-0.39, 0.29) is 0 Å². The second kappa shape index (κ2) is 6.22. The Balaban J connectivity index is 1.71. The van der Waals surface area contributed by atoms with Crippen molar-refractivity contribution < 1.29 is 0 Å². The molecule has 0 spiro atoms. The number of amidine groups is 1. The highest BCUT2D eigenvalue weighted by Gasteiger charge is 2.26. The first kappa shape index (κ1) is 15.7. The predicted molar refractivity (Wildman–Crippen MR) is 103 cm³/mol. The third-order valence-electron chi connectivity index (χ3n) is 4.82. The number of nitrogens with one attached hydrogen (secondary N) is 1. The molecule has 0 bridgehead atoms. The maximum Gasteiger partial charge on any atom is 0.139 e. The van der Waals surface area contributed by atoms with Crippen LogP contribution in [0.1, 0.15) is 24.3 Å². The van der Waals surface area contributed by atoms with Gasteiger partial charge in [0, 0.05) is 37.1 Å². The second-order valence-corrected chi connectivity index (χ2v) is 8.05. The lowest BCUT2D eigenvalue weighted by atomic mass is 10.2. The standard InChI is InChI=1S/C19H24N4S/c1-13(2)22-8-10-23(11-9-22)18-15-12-14(3)24-19(15)21-17-7-5-4-6-16(17)20-18/h4-7,12-13,21H,8-11H2,1-3H3. The zero-order valence-corrected chi connectivity index (χ0v) is 15.4. The van der Waals surface area contributed by atoms with Crippen molar-refractivity contribution in [2.24, 2.45) is 4.99 Å². The molecule has 1 aromatic carbocycles. The molecule has 4 rings (SSSR count). The van der Waals surface area contributed by atoms with Crippen molar-refractivity contribution in [3.8, 4) is 0 Å². The molecule has 2 aliphatic rings. The maximum atomic E-state index is 5.06. The maximum absolute atomic E-state index is 5.06. The Bertz CT molecular complexity index is 769. The van der Waals surface area contributed by atoms with E-state index in [4.69, 9.17) is 4.99 Å². The first-order valence-electron chi connectivity index (χ1n) is 8.66. The van der Waals surface area contributed by atoms with Crippen LogP contribution in [0.4, 0.5) is 16.4 Å². The fraction of sp³-hybridized carbons (Fsp3) is 0.421. The van der Waals surface area contributed by atoms with Gasteiger partial charge in [-0.25, -0.2) is 4.99 Å². The first-order valence-corrected chi connectivity index (χ1v) is 9.48. The van der Waals surface area contributed by atoms with Gasteiger partial charge in [0.25, 0.3) is 0 Å². The van der Waals surface area contributed by atoms with Gasteiger partial charge in [0.1, 0.15) is 10.8 Å². The van der Waals surface area contributed by atoms with Crippen LogP contribution in [0.3, 0.4) is 0 Å². The summed E-state index contributed by atoms with van der Waals surface area (Å²) < 4.78 is 0. The molecule has 0 unspecified atom stereocenters. The fourth-order valence-corrected chi connectivity index (χ4v) is 4.36. The molecule has 5 heteroatoms. The molecular formula is C19H24N4S. The minimum atomic E-state index is 0.615. The summed E-state index contributed by atoms with van der Waals surface area (Å²) in [5.41, 5.74) is 3.36. The number of thiophene rings is 1. The molecule has 24 heavy (non-hydrogen) atoms. The van der Waals surface area contributed by atoms with E-state index in [0.29, 0.717) is 6.04 Å². The quantitative estimate of drug-likeness (QED) is 0.843. The minimum absolute atomic E-state index is 0.615. The van der Waals surface area contributed by atoms with Gasteiger partial charge in [-0.2, -0.15) is 0 Å². The predicted octanol–water partition coefficient (Wildman–Crippen LogP) is 4.22. The van der Waals surface area contributed by atoms with E-state index in [2.05, 4.69) is 66.2 Å². The largest absolute Gasteiger partial charge is 0.353 e. The van der Waals surface area contributed by atoms with Crippen LogP contribution in [0.15, 0.2) is 35.3 Å². The molecule has 0 aliphatic carbocycles. The number of rotatable bonds is 1. The van der Waals surface area contributed by atoms with Gasteiger partial charge in [0.05, 0.1) is 16.9 Å². The van der Waals surface area contributed by atoms with Gasteiger partial charge in [0.15, 0.2) is 0 Å². The number of para-hydroxylation sites is 2. The zero-order chi connectivity index (χ0) is 16.7. The Hall–Kier alpha value is -1.85. The molecule has 126 valence electrons. The van der Waals surface area contributed by atoms with Crippen molar-refractivity contribution in [1.82, 2.24) is 9.80 Å². The highest BCUT2D eigenvalue weighted by molar-refractivity contribution is 7.16. The van der Waals surface area contributed by atoms with Gasteiger partial charge >= 0.3 is 0 Å². The highest BCUT2D eigenvalue weighted by Crippen LogP contribution is 2.39. The topological polar surface area (TPSA) is 30.9 Å². The van der Waals surface area contributed by atoms with E-state index in [9.17, 15) is 0 Å². The Morgan fingerprint density at radius 1 is 1.12 bits per heavy atom. The molecule has 1 N–H and O–H groups in total. The van der Waals surface area contributed by atoms with Crippen molar-refractivity contribution in [2.45, 2.75) is 26.8 Å². The number of anilines is 2. The second-order valence-electron chi connectivity index (χ2n) is 6.79. The van der Waals surface area contributed by atoms with Gasteiger partial charge in [0.2, 0.25) is 0 Å². The number of hydrogen-bond acceptors (Lipinski definition) is 5. The zero-order valence-electron chi connectivity index (χ0n) is 14.5. The van der Waals surface area contributed by atoms with E-state index in [1.54, 1.807) is 0 Å². The van der Waals surface area contributed by atoms with E-state index in [1.807, 2.05) is 11.3 Å². The van der Waals surface area contributed by atoms with Gasteiger partial charge in [-0.3, -0.25) is 4.90 Å². The molecule has 4 nitrogen and oxygen atoms in total. The Labute approximate surface area is 147 Å². The molecule has 1 saturated heterocycles. The highest BCUT2D eigenvalue weighted by atomic mass is 32.1. The van der Waals surface area contributed by atoms with Gasteiger partial charge in [-0.1, -0.05) is 12.1 Å². The van der Waals surface area contributed by atoms with Crippen molar-refractivity contribution in [2.75, 3.05) is 31.5 Å². The van der Waals surface area contributed by atoms with Crippen molar-refractivity contribution in [3.05, 3.63) is 40.8 Å². The summed E-state index contributed by atoms with van der Waals surface area (Å²) in [4.78, 5) is 11.4. The average Bonchev–Trinajstić information content (AvgIpc) is 2.86. The van der Waals surface area contributed by atoms with Gasteiger partial charge in [-0.15, -0.1) is 11.3 Å². The molecule has 0 atom stereocenters. The summed E-state index contributed by atoms with van der Waals surface area (Å²) in [5.74, 6) is 1.12. The fourth-order valence-electron chi connectivity index (χ4n) is 3.44. The number of hydrogen-bond donors (Lipinski definition) is 1. The number of fused-ring (bicyclic) bond motifs is 2. The first-order chi connectivity index (χ1) is 11.6. The molecule has 2 aromatic rings. The number of piperazine rings is 1. The van der Waals surface area contributed by atoms with Crippen LogP contribution in [-0.2, 0) is 0 Å². The summed E-state index contributed by atoms with van der Waals surface area (Å²) in [6.07, 6.45) is 0. The lowest BCUT2D eigenvalue weighted by Crippen LogP contribution is -2.50. The van der Waals surface area contributed by atoms with Crippen LogP contribution < -0.4 is 5.32 Å². The van der Waals surface area contributed by atoms with Crippen LogP contribution in [0.25, 0.3) is 0 Å². The van der Waals surface area contributed by atoms with E-state index >= 15 is 0 Å². The molecule has 0 amide bonds. The monoisotopic (exact) mass is 340 g/mol. The van der Waals surface area contributed by atoms with Crippen molar-refractivity contribution in [1.29, 1.82) is 0 Å². The van der Waals surface area contributed by atoms with Crippen LogP contribution >= 0.6 is 11.3 Å². The van der Waals surface area contributed by atoms with Crippen LogP contribution in [0.2, 0.25) is 0 Å². The summed E-state index contributed by atoms with van der Waals surface area (Å²) in [6, 6.07) is 11.2. The third-order valence-corrected chi connectivity index (χ3v) is 5.78. The van der Waals surface area contributed by atoms with Crippen molar-refractivity contribution >= 4 is 33.5 Å². The summed E-state index contributed by atoms with van der Waals surface area (Å²) in [6.45, 7) is 11.0. The van der Waals surface area contributed by atoms with Crippen LogP contribution in [0, 0.1) is 6.92 Å². The summed E-state index contributed by atoms with van der Waals surface area (Å²) in [7, 11) is 0. The molecule has 0 radical (unpaired) electrons. The molecule has 3 heterocycles. The molecule has 2 aliphatic heterocycles. The molecule has 1 fully saturated rings. The van der Waals surface area contributed by atoms with E-state index < -0.39 is 0 Å². The number of benzene rings is 1. The SMILES string of the molecule is Cc1cc2c(s1)Nc1ccccc1N=C2N1CCN(C(C)C)CC1. The molecular weight excluding hydrogens is 316 g/mol. The lowest BCUT2D eigenvalue weighted by Gasteiger charge is -2.38. The van der Waals surface area contributed by atoms with E-state index in [1.165, 1.54) is 15.4 Å². The minimum Gasteiger partial charge on any atom is -0.353 e. The van der Waals surface area contributed by atoms with E-state index in [0.717, 1.165) is 43.4 Å². The number of nitrogens with zero attached hydrogens (tertiary/aromatic N) is 3. The Morgan fingerprint density at radius 3 is 2.62 bits per heavy atom. The van der Waals surface area contributed by atoms with Crippen LogP contribution in [-0.4, -0.2) is 47.9 Å².